The second-order valence-corrected chi connectivity index (χ2v) is 9.50. The SMILES string of the molecule is COc1cc(-c2ccc3c(c2)Nc2ccc(CC(=O)Nc4ccc5ncccc5c4)cc2NC3=O)ccc1[N+](=O)[O-]. The Bertz CT molecular complexity index is 1870. The molecular formula is C31H23N5O5. The van der Waals surface area contributed by atoms with E-state index in [2.05, 4.69) is 20.9 Å². The molecule has 0 bridgehead atoms. The van der Waals surface area contributed by atoms with Gasteiger partial charge in [0.1, 0.15) is 0 Å². The normalized spacial score (nSPS) is 11.9. The zero-order valence-electron chi connectivity index (χ0n) is 21.8. The lowest BCUT2D eigenvalue weighted by Gasteiger charge is -2.12. The third-order valence-electron chi connectivity index (χ3n) is 6.83. The second-order valence-electron chi connectivity index (χ2n) is 9.50. The average molecular weight is 546 g/mol. The van der Waals surface area contributed by atoms with Crippen LogP contribution in [0.5, 0.6) is 5.75 Å². The number of benzene rings is 4. The summed E-state index contributed by atoms with van der Waals surface area (Å²) < 4.78 is 5.20. The number of methoxy groups -OCH3 is 1. The van der Waals surface area contributed by atoms with Gasteiger partial charge in [-0.15, -0.1) is 0 Å². The van der Waals surface area contributed by atoms with E-state index in [1.807, 2.05) is 48.5 Å². The molecule has 0 fully saturated rings. The van der Waals surface area contributed by atoms with Crippen molar-refractivity contribution in [2.75, 3.05) is 23.1 Å². The summed E-state index contributed by atoms with van der Waals surface area (Å²) in [6.07, 6.45) is 1.84. The summed E-state index contributed by atoms with van der Waals surface area (Å²) in [5.74, 6) is -0.342. The first-order valence-corrected chi connectivity index (χ1v) is 12.7. The van der Waals surface area contributed by atoms with E-state index in [-0.39, 0.29) is 29.7 Å². The van der Waals surface area contributed by atoms with E-state index in [1.54, 1.807) is 36.5 Å². The molecule has 1 aromatic heterocycles. The van der Waals surface area contributed by atoms with Crippen LogP contribution in [0.25, 0.3) is 22.0 Å². The van der Waals surface area contributed by atoms with Crippen molar-refractivity contribution in [3.05, 3.63) is 112 Å². The van der Waals surface area contributed by atoms with Crippen LogP contribution < -0.4 is 20.7 Å². The summed E-state index contributed by atoms with van der Waals surface area (Å²) >= 11 is 0. The van der Waals surface area contributed by atoms with Crippen molar-refractivity contribution in [3.63, 3.8) is 0 Å². The number of rotatable bonds is 6. The van der Waals surface area contributed by atoms with Crippen LogP contribution in [0.3, 0.4) is 0 Å². The zero-order valence-corrected chi connectivity index (χ0v) is 21.8. The number of carbonyl (C=O) groups is 2. The molecule has 10 nitrogen and oxygen atoms in total. The van der Waals surface area contributed by atoms with Crippen LogP contribution in [0.15, 0.2) is 91.1 Å². The number of nitro benzene ring substituents is 1. The molecule has 0 saturated heterocycles. The maximum atomic E-state index is 13.1. The van der Waals surface area contributed by atoms with E-state index in [9.17, 15) is 19.7 Å². The average Bonchev–Trinajstić information content (AvgIpc) is 3.11. The lowest BCUT2D eigenvalue weighted by atomic mass is 10.0. The van der Waals surface area contributed by atoms with Crippen LogP contribution in [0.1, 0.15) is 15.9 Å². The standard InChI is InChI=1S/C31H23N5O5/c1-41-29-17-20(6-11-28(29)36(39)40)19-5-8-23-26(16-19)34-25-9-4-18(13-27(25)35-31(23)38)14-30(37)33-22-7-10-24-21(15-22)3-2-12-32-24/h2-13,15-17,34H,14H2,1H3,(H,33,37)(H,35,38). The van der Waals surface area contributed by atoms with Gasteiger partial charge in [0.25, 0.3) is 5.91 Å². The van der Waals surface area contributed by atoms with E-state index in [0.717, 1.165) is 22.0 Å². The number of fused-ring (bicyclic) bond motifs is 3. The first-order valence-electron chi connectivity index (χ1n) is 12.7. The molecule has 202 valence electrons. The van der Waals surface area contributed by atoms with Gasteiger partial charge >= 0.3 is 5.69 Å². The lowest BCUT2D eigenvalue weighted by molar-refractivity contribution is -0.385. The van der Waals surface area contributed by atoms with Crippen molar-refractivity contribution < 1.29 is 19.2 Å². The van der Waals surface area contributed by atoms with Crippen LogP contribution in [0.4, 0.5) is 28.4 Å². The smallest absolute Gasteiger partial charge is 0.310 e. The van der Waals surface area contributed by atoms with Crippen molar-refractivity contribution >= 4 is 51.2 Å². The molecule has 10 heteroatoms. The van der Waals surface area contributed by atoms with Crippen LogP contribution >= 0.6 is 0 Å². The van der Waals surface area contributed by atoms with Gasteiger partial charge in [-0.2, -0.15) is 0 Å². The number of carbonyl (C=O) groups excluding carboxylic acids is 2. The van der Waals surface area contributed by atoms with Crippen molar-refractivity contribution in [3.8, 4) is 16.9 Å². The highest BCUT2D eigenvalue weighted by Crippen LogP contribution is 2.37. The van der Waals surface area contributed by atoms with E-state index in [4.69, 9.17) is 4.74 Å². The molecule has 0 spiro atoms. The third kappa shape index (κ3) is 5.13. The number of ether oxygens (including phenoxy) is 1. The Morgan fingerprint density at radius 1 is 0.927 bits per heavy atom. The van der Waals surface area contributed by atoms with Crippen molar-refractivity contribution in [1.29, 1.82) is 0 Å². The first kappa shape index (κ1) is 25.5. The minimum Gasteiger partial charge on any atom is -0.490 e. The third-order valence-corrected chi connectivity index (χ3v) is 6.83. The molecule has 2 amide bonds. The van der Waals surface area contributed by atoms with Gasteiger partial charge in [-0.05, 0) is 77.4 Å². The van der Waals surface area contributed by atoms with E-state index >= 15 is 0 Å². The maximum Gasteiger partial charge on any atom is 0.310 e. The highest BCUT2D eigenvalue weighted by Gasteiger charge is 2.21. The van der Waals surface area contributed by atoms with Crippen LogP contribution in [0, 0.1) is 10.1 Å². The van der Waals surface area contributed by atoms with E-state index in [0.29, 0.717) is 33.9 Å². The van der Waals surface area contributed by atoms with Gasteiger partial charge < -0.3 is 20.7 Å². The zero-order chi connectivity index (χ0) is 28.5. The Balaban J connectivity index is 1.22. The van der Waals surface area contributed by atoms with Gasteiger partial charge in [-0.3, -0.25) is 24.7 Å². The molecule has 4 aromatic carbocycles. The molecule has 41 heavy (non-hydrogen) atoms. The van der Waals surface area contributed by atoms with Crippen molar-refractivity contribution in [1.82, 2.24) is 4.98 Å². The topological polar surface area (TPSA) is 135 Å². The van der Waals surface area contributed by atoms with Crippen molar-refractivity contribution in [2.45, 2.75) is 6.42 Å². The Labute approximate surface area is 234 Å². The van der Waals surface area contributed by atoms with Crippen LogP contribution in [-0.2, 0) is 11.2 Å². The molecule has 0 saturated carbocycles. The molecule has 6 rings (SSSR count). The number of nitrogens with zero attached hydrogens (tertiary/aromatic N) is 2. The van der Waals surface area contributed by atoms with Gasteiger partial charge in [-0.25, -0.2) is 0 Å². The maximum absolute atomic E-state index is 13.1. The Morgan fingerprint density at radius 2 is 1.76 bits per heavy atom. The summed E-state index contributed by atoms with van der Waals surface area (Å²) in [5, 5.41) is 21.4. The fourth-order valence-corrected chi connectivity index (χ4v) is 4.83. The highest BCUT2D eigenvalue weighted by molar-refractivity contribution is 6.12. The molecule has 1 aliphatic rings. The predicted octanol–water partition coefficient (Wildman–Crippen LogP) is 6.31. The molecule has 3 N–H and O–H groups in total. The van der Waals surface area contributed by atoms with Crippen LogP contribution in [-0.4, -0.2) is 28.8 Å². The Hall–Kier alpha value is -5.77. The summed E-state index contributed by atoms with van der Waals surface area (Å²) in [4.78, 5) is 40.9. The monoisotopic (exact) mass is 545 g/mol. The molecule has 0 unspecified atom stereocenters. The van der Waals surface area contributed by atoms with Gasteiger partial charge in [0.2, 0.25) is 5.91 Å². The number of pyridine rings is 1. The quantitative estimate of drug-likeness (QED) is 0.168. The summed E-state index contributed by atoms with van der Waals surface area (Å²) in [6.45, 7) is 0. The number of hydrogen-bond acceptors (Lipinski definition) is 7. The fourth-order valence-electron chi connectivity index (χ4n) is 4.83. The summed E-state index contributed by atoms with van der Waals surface area (Å²) in [6, 6.07) is 24.6. The molecular weight excluding hydrogens is 522 g/mol. The first-order chi connectivity index (χ1) is 19.9. The molecule has 0 atom stereocenters. The molecule has 0 aliphatic carbocycles. The number of nitrogens with one attached hydrogen (secondary N) is 3. The number of amides is 2. The van der Waals surface area contributed by atoms with E-state index < -0.39 is 4.92 Å². The minimum atomic E-state index is -0.499. The minimum absolute atomic E-state index is 0.118. The summed E-state index contributed by atoms with van der Waals surface area (Å²) in [7, 11) is 1.38. The predicted molar refractivity (Wildman–Crippen MR) is 157 cm³/mol. The Morgan fingerprint density at radius 3 is 2.59 bits per heavy atom. The lowest BCUT2D eigenvalue weighted by Crippen LogP contribution is -2.15. The van der Waals surface area contributed by atoms with E-state index in [1.165, 1.54) is 13.2 Å². The fraction of sp³-hybridized carbons (Fsp3) is 0.0645. The van der Waals surface area contributed by atoms with Gasteiger partial charge in [0.15, 0.2) is 5.75 Å². The number of nitro groups is 1. The van der Waals surface area contributed by atoms with Gasteiger partial charge in [-0.1, -0.05) is 18.2 Å². The van der Waals surface area contributed by atoms with Gasteiger partial charge in [0, 0.05) is 23.3 Å². The number of anilines is 4. The molecule has 2 heterocycles. The molecule has 0 radical (unpaired) electrons. The molecule has 1 aliphatic heterocycles. The van der Waals surface area contributed by atoms with Crippen molar-refractivity contribution in [2.24, 2.45) is 0 Å². The Kier molecular flexibility index (Phi) is 6.48. The second kappa shape index (κ2) is 10.4. The number of aromatic nitrogens is 1. The van der Waals surface area contributed by atoms with Crippen LogP contribution in [0.2, 0.25) is 0 Å². The largest absolute Gasteiger partial charge is 0.490 e. The molecule has 5 aromatic rings. The number of hydrogen-bond donors (Lipinski definition) is 3. The summed E-state index contributed by atoms with van der Waals surface area (Å²) in [5.41, 5.74) is 5.80. The van der Waals surface area contributed by atoms with Gasteiger partial charge in [0.05, 0.1) is 46.6 Å². The highest BCUT2D eigenvalue weighted by atomic mass is 16.6.